The number of benzene rings is 1. The fourth-order valence-electron chi connectivity index (χ4n) is 2.75. The molecule has 2 N–H and O–H groups in total. The number of anilines is 3. The maximum Gasteiger partial charge on any atom is 0.251 e. The lowest BCUT2D eigenvalue weighted by Gasteiger charge is -2.13. The second-order valence-electron chi connectivity index (χ2n) is 6.33. The second-order valence-corrected chi connectivity index (χ2v) is 7.99. The molecule has 31 heavy (non-hydrogen) atoms. The van der Waals surface area contributed by atoms with Crippen molar-refractivity contribution in [2.75, 3.05) is 10.0 Å². The molecule has 3 aromatic rings. The Morgan fingerprint density at radius 2 is 1.71 bits per heavy atom. The highest BCUT2D eigenvalue weighted by atomic mass is 35.5. The zero-order chi connectivity index (χ0) is 21.8. The number of pyridine rings is 1. The molecule has 2 heterocycles. The number of allylic oxidation sites excluding steroid dienone is 4. The predicted octanol–water partition coefficient (Wildman–Crippen LogP) is 6.14. The van der Waals surface area contributed by atoms with Crippen molar-refractivity contribution in [2.24, 2.45) is 0 Å². The van der Waals surface area contributed by atoms with E-state index in [1.165, 1.54) is 18.0 Å². The summed E-state index contributed by atoms with van der Waals surface area (Å²) in [6, 6.07) is 10.7. The van der Waals surface area contributed by atoms with Crippen LogP contribution in [0.4, 0.5) is 17.3 Å². The van der Waals surface area contributed by atoms with E-state index < -0.39 is 0 Å². The van der Waals surface area contributed by atoms with E-state index in [1.54, 1.807) is 30.4 Å². The van der Waals surface area contributed by atoms with Crippen LogP contribution < -0.4 is 10.0 Å². The van der Waals surface area contributed by atoms with Crippen molar-refractivity contribution >= 4 is 63.5 Å². The molecule has 0 atom stereocenters. The molecule has 0 amide bonds. The zero-order valence-electron chi connectivity index (χ0n) is 15.8. The summed E-state index contributed by atoms with van der Waals surface area (Å²) in [5.41, 5.74) is 2.09. The average molecular weight is 473 g/mol. The Hall–Kier alpha value is -3.14. The molecular weight excluding hydrogens is 459 g/mol. The number of aromatic nitrogens is 3. The number of halogens is 2. The number of rotatable bonds is 6. The van der Waals surface area contributed by atoms with E-state index in [4.69, 9.17) is 23.2 Å². The van der Waals surface area contributed by atoms with Crippen LogP contribution in [0.5, 0.6) is 0 Å². The minimum atomic E-state index is -0.385. The van der Waals surface area contributed by atoms with E-state index in [0.717, 1.165) is 0 Å². The smallest absolute Gasteiger partial charge is 0.251 e. The largest absolute Gasteiger partial charge is 0.337 e. The summed E-state index contributed by atoms with van der Waals surface area (Å²) in [5, 5.41) is 14.8. The predicted molar refractivity (Wildman–Crippen MR) is 125 cm³/mol. The van der Waals surface area contributed by atoms with Crippen LogP contribution >= 0.6 is 35.1 Å². The Morgan fingerprint density at radius 1 is 1.03 bits per heavy atom. The van der Waals surface area contributed by atoms with Crippen molar-refractivity contribution in [1.29, 1.82) is 0 Å². The Labute approximate surface area is 191 Å². The van der Waals surface area contributed by atoms with Gasteiger partial charge in [0.1, 0.15) is 10.3 Å². The van der Waals surface area contributed by atoms with E-state index in [1.807, 2.05) is 24.3 Å². The first kappa shape index (κ1) is 21.1. The van der Waals surface area contributed by atoms with Crippen molar-refractivity contribution in [3.8, 4) is 0 Å². The molecule has 8 nitrogen and oxygen atoms in total. The molecule has 0 bridgehead atoms. The van der Waals surface area contributed by atoms with Crippen molar-refractivity contribution < 1.29 is 4.92 Å². The third kappa shape index (κ3) is 5.32. The van der Waals surface area contributed by atoms with E-state index in [9.17, 15) is 10.1 Å². The molecule has 11 heteroatoms. The maximum absolute atomic E-state index is 11.2. The van der Waals surface area contributed by atoms with E-state index in [-0.39, 0.29) is 27.3 Å². The molecule has 0 unspecified atom stereocenters. The van der Waals surface area contributed by atoms with Gasteiger partial charge in [0.05, 0.1) is 22.4 Å². The van der Waals surface area contributed by atoms with Crippen LogP contribution in [0, 0.1) is 10.1 Å². The number of para-hydroxylation sites is 2. The number of hydrogen-bond acceptors (Lipinski definition) is 8. The Balaban J connectivity index is 1.66. The number of hydrogen-bond donors (Lipinski definition) is 2. The minimum absolute atomic E-state index is 0.110. The number of fused-ring (bicyclic) bond motifs is 1. The van der Waals surface area contributed by atoms with Gasteiger partial charge in [-0.1, -0.05) is 47.5 Å². The molecule has 0 aliphatic heterocycles. The van der Waals surface area contributed by atoms with E-state index in [0.29, 0.717) is 33.3 Å². The van der Waals surface area contributed by atoms with Gasteiger partial charge in [0.2, 0.25) is 0 Å². The SMILES string of the molecule is O=[N+]([O-])C1=CC(SNc2nc3ccccc3nc2Nc2cc(Cl)nc(Cl)c2)=CC=CC1. The van der Waals surface area contributed by atoms with Gasteiger partial charge in [-0.15, -0.1) is 0 Å². The van der Waals surface area contributed by atoms with Crippen LogP contribution in [0.2, 0.25) is 10.3 Å². The lowest BCUT2D eigenvalue weighted by molar-refractivity contribution is -0.426. The molecule has 1 aliphatic rings. The molecule has 156 valence electrons. The molecule has 0 fully saturated rings. The number of nitro groups is 1. The standard InChI is InChI=1S/C20H14Cl2N6O2S/c21-17-9-12(10-18(22)26-17)23-19-20(25-16-8-4-3-7-15(16)24-19)27-31-14-6-2-1-5-13(11-14)28(29)30/h1-4,6-11H,5H2,(H,25,27)(H,23,24,26). The minimum Gasteiger partial charge on any atom is -0.337 e. The molecular formula is C20H14Cl2N6O2S. The first-order chi connectivity index (χ1) is 15.0. The Morgan fingerprint density at radius 3 is 2.39 bits per heavy atom. The second kappa shape index (κ2) is 9.34. The van der Waals surface area contributed by atoms with Crippen LogP contribution in [-0.4, -0.2) is 19.9 Å². The average Bonchev–Trinajstić information content (AvgIpc) is 2.97. The maximum atomic E-state index is 11.2. The van der Waals surface area contributed by atoms with Gasteiger partial charge in [0.25, 0.3) is 5.70 Å². The molecule has 4 rings (SSSR count). The van der Waals surface area contributed by atoms with Crippen molar-refractivity contribution in [3.63, 3.8) is 0 Å². The Bertz CT molecular complexity index is 1240. The first-order valence-corrected chi connectivity index (χ1v) is 10.6. The van der Waals surface area contributed by atoms with Gasteiger partial charge in [-0.05, 0) is 42.3 Å². The summed E-state index contributed by atoms with van der Waals surface area (Å²) >= 11 is 13.2. The van der Waals surface area contributed by atoms with Crippen LogP contribution in [0.3, 0.4) is 0 Å². The van der Waals surface area contributed by atoms with Crippen molar-refractivity contribution in [2.45, 2.75) is 6.42 Å². The van der Waals surface area contributed by atoms with Gasteiger partial charge < -0.3 is 10.0 Å². The summed E-state index contributed by atoms with van der Waals surface area (Å²) in [6.45, 7) is 0. The van der Waals surface area contributed by atoms with Gasteiger partial charge in [-0.25, -0.2) is 15.0 Å². The van der Waals surface area contributed by atoms with E-state index in [2.05, 4.69) is 25.0 Å². The van der Waals surface area contributed by atoms with Crippen molar-refractivity contribution in [3.05, 3.63) is 91.7 Å². The highest BCUT2D eigenvalue weighted by Gasteiger charge is 2.14. The molecule has 0 radical (unpaired) electrons. The van der Waals surface area contributed by atoms with Gasteiger partial charge in [-0.3, -0.25) is 10.1 Å². The molecule has 0 spiro atoms. The summed E-state index contributed by atoms with van der Waals surface area (Å²) < 4.78 is 3.14. The van der Waals surface area contributed by atoms with E-state index >= 15 is 0 Å². The summed E-state index contributed by atoms with van der Waals surface area (Å²) in [5.74, 6) is 0.880. The highest BCUT2D eigenvalue weighted by Crippen LogP contribution is 2.31. The lowest BCUT2D eigenvalue weighted by atomic mass is 10.3. The molecule has 1 aromatic carbocycles. The molecule has 2 aromatic heterocycles. The molecule has 1 aliphatic carbocycles. The summed E-state index contributed by atoms with van der Waals surface area (Å²) in [6.07, 6.45) is 7.10. The highest BCUT2D eigenvalue weighted by molar-refractivity contribution is 8.04. The van der Waals surface area contributed by atoms with Crippen LogP contribution in [-0.2, 0) is 0 Å². The zero-order valence-corrected chi connectivity index (χ0v) is 18.1. The lowest BCUT2D eigenvalue weighted by Crippen LogP contribution is -2.03. The van der Waals surface area contributed by atoms with Crippen LogP contribution in [0.15, 0.2) is 71.3 Å². The Kier molecular flexibility index (Phi) is 6.36. The molecule has 0 saturated heterocycles. The fraction of sp³-hybridized carbons (Fsp3) is 0.0500. The number of nitrogens with zero attached hydrogens (tertiary/aromatic N) is 4. The normalized spacial score (nSPS) is 13.4. The van der Waals surface area contributed by atoms with Gasteiger partial charge in [-0.2, -0.15) is 0 Å². The monoisotopic (exact) mass is 472 g/mol. The van der Waals surface area contributed by atoms with Crippen LogP contribution in [0.1, 0.15) is 6.42 Å². The summed E-state index contributed by atoms with van der Waals surface area (Å²) in [4.78, 5) is 24.7. The van der Waals surface area contributed by atoms with Gasteiger partial charge in [0, 0.05) is 16.7 Å². The van der Waals surface area contributed by atoms with Gasteiger partial charge in [0.15, 0.2) is 11.6 Å². The third-order valence-corrected chi connectivity index (χ3v) is 5.30. The van der Waals surface area contributed by atoms with Crippen LogP contribution in [0.25, 0.3) is 11.0 Å². The number of nitrogens with one attached hydrogen (secondary N) is 2. The summed E-state index contributed by atoms with van der Waals surface area (Å²) in [7, 11) is 0. The van der Waals surface area contributed by atoms with Gasteiger partial charge >= 0.3 is 0 Å². The van der Waals surface area contributed by atoms with Crippen molar-refractivity contribution in [1.82, 2.24) is 15.0 Å². The molecule has 0 saturated carbocycles. The quantitative estimate of drug-likeness (QED) is 0.190. The topological polar surface area (TPSA) is 106 Å². The first-order valence-electron chi connectivity index (χ1n) is 8.99. The third-order valence-electron chi connectivity index (χ3n) is 4.13. The fourth-order valence-corrected chi connectivity index (χ4v) is 3.91.